The molecule has 1 fully saturated rings. The van der Waals surface area contributed by atoms with Crippen molar-refractivity contribution in [3.8, 4) is 0 Å². The average molecular weight is 499 g/mol. The van der Waals surface area contributed by atoms with Crippen molar-refractivity contribution in [1.29, 1.82) is 0 Å². The number of aromatic nitrogens is 3. The molecule has 0 radical (unpaired) electrons. The molecule has 1 aliphatic heterocycles. The van der Waals surface area contributed by atoms with Crippen molar-refractivity contribution >= 4 is 29.1 Å². The lowest BCUT2D eigenvalue weighted by molar-refractivity contribution is 0.102. The minimum atomic E-state index is -0.486. The summed E-state index contributed by atoms with van der Waals surface area (Å²) in [7, 11) is 0. The van der Waals surface area contributed by atoms with Gasteiger partial charge in [-0.2, -0.15) is 5.10 Å². The number of rotatable bonds is 9. The van der Waals surface area contributed by atoms with E-state index in [0.717, 1.165) is 51.5 Å². The Morgan fingerprint density at radius 1 is 1.20 bits per heavy atom. The Bertz CT molecular complexity index is 1140. The summed E-state index contributed by atoms with van der Waals surface area (Å²) in [6, 6.07) is 9.51. The fraction of sp³-hybridized carbons (Fsp3) is 0.423. The normalized spacial score (nSPS) is 14.9. The molecular weight excluding hydrogens is 467 g/mol. The Morgan fingerprint density at radius 2 is 1.97 bits per heavy atom. The number of benzene rings is 1. The molecule has 186 valence electrons. The third-order valence-electron chi connectivity index (χ3n) is 6.35. The zero-order valence-electron chi connectivity index (χ0n) is 20.2. The highest BCUT2D eigenvalue weighted by atomic mass is 35.5. The molecule has 35 heavy (non-hydrogen) atoms. The molecule has 7 nitrogen and oxygen atoms in total. The molecule has 3 heterocycles. The maximum Gasteiger partial charge on any atom is 0.258 e. The van der Waals surface area contributed by atoms with Gasteiger partial charge in [0.05, 0.1) is 16.8 Å². The van der Waals surface area contributed by atoms with E-state index in [0.29, 0.717) is 23.6 Å². The molecule has 2 N–H and O–H groups in total. The number of piperidine rings is 1. The SMILES string of the molecule is CC(C)n1cc(CCN2CCC(CNc3cccc(NC(=O)c4ccc(F)cc4Cl)n3)CC2)cn1. The van der Waals surface area contributed by atoms with E-state index < -0.39 is 11.7 Å². The zero-order valence-corrected chi connectivity index (χ0v) is 20.9. The van der Waals surface area contributed by atoms with Crippen molar-refractivity contribution in [3.63, 3.8) is 0 Å². The molecular formula is C26H32ClFN6O. The second-order valence-corrected chi connectivity index (χ2v) is 9.73. The summed E-state index contributed by atoms with van der Waals surface area (Å²) < 4.78 is 15.3. The lowest BCUT2D eigenvalue weighted by Gasteiger charge is -2.32. The van der Waals surface area contributed by atoms with Gasteiger partial charge in [-0.25, -0.2) is 9.37 Å². The predicted octanol–water partition coefficient (Wildman–Crippen LogP) is 5.27. The van der Waals surface area contributed by atoms with Crippen molar-refractivity contribution in [2.75, 3.05) is 36.8 Å². The molecule has 3 aromatic rings. The third-order valence-corrected chi connectivity index (χ3v) is 6.66. The molecule has 0 spiro atoms. The minimum absolute atomic E-state index is 0.0637. The predicted molar refractivity (Wildman–Crippen MR) is 138 cm³/mol. The number of halogens is 2. The first-order valence-electron chi connectivity index (χ1n) is 12.1. The van der Waals surface area contributed by atoms with E-state index in [9.17, 15) is 9.18 Å². The van der Waals surface area contributed by atoms with Gasteiger partial charge in [0, 0.05) is 25.3 Å². The fourth-order valence-electron chi connectivity index (χ4n) is 4.20. The van der Waals surface area contributed by atoms with Crippen LogP contribution in [0.2, 0.25) is 5.02 Å². The van der Waals surface area contributed by atoms with Gasteiger partial charge in [0.15, 0.2) is 0 Å². The van der Waals surface area contributed by atoms with Crippen LogP contribution in [0, 0.1) is 11.7 Å². The van der Waals surface area contributed by atoms with Gasteiger partial charge in [-0.3, -0.25) is 9.48 Å². The largest absolute Gasteiger partial charge is 0.370 e. The first-order chi connectivity index (χ1) is 16.9. The molecule has 9 heteroatoms. The number of pyridine rings is 1. The van der Waals surface area contributed by atoms with Gasteiger partial charge in [0.2, 0.25) is 0 Å². The summed E-state index contributed by atoms with van der Waals surface area (Å²) in [5, 5.41) is 10.6. The average Bonchev–Trinajstić information content (AvgIpc) is 3.32. The highest BCUT2D eigenvalue weighted by Crippen LogP contribution is 2.21. The van der Waals surface area contributed by atoms with Gasteiger partial charge in [-0.1, -0.05) is 17.7 Å². The molecule has 1 amide bonds. The van der Waals surface area contributed by atoms with Crippen LogP contribution in [0.3, 0.4) is 0 Å². The van der Waals surface area contributed by atoms with Gasteiger partial charge >= 0.3 is 0 Å². The lowest BCUT2D eigenvalue weighted by atomic mass is 9.96. The smallest absolute Gasteiger partial charge is 0.258 e. The highest BCUT2D eigenvalue weighted by Gasteiger charge is 2.19. The maximum absolute atomic E-state index is 13.2. The molecule has 1 saturated heterocycles. The maximum atomic E-state index is 13.2. The summed E-state index contributed by atoms with van der Waals surface area (Å²) in [5.41, 5.74) is 1.50. The van der Waals surface area contributed by atoms with Crippen LogP contribution < -0.4 is 10.6 Å². The molecule has 0 atom stereocenters. The van der Waals surface area contributed by atoms with Gasteiger partial charge in [0.25, 0.3) is 5.91 Å². The van der Waals surface area contributed by atoms with E-state index >= 15 is 0 Å². The summed E-state index contributed by atoms with van der Waals surface area (Å²) in [6.07, 6.45) is 7.43. The Balaban J connectivity index is 1.21. The van der Waals surface area contributed by atoms with Crippen LogP contribution in [0.1, 0.15) is 48.7 Å². The van der Waals surface area contributed by atoms with E-state index in [1.165, 1.54) is 17.7 Å². The second kappa shape index (κ2) is 11.6. The van der Waals surface area contributed by atoms with Crippen molar-refractivity contribution < 1.29 is 9.18 Å². The van der Waals surface area contributed by atoms with Crippen molar-refractivity contribution in [2.45, 2.75) is 39.2 Å². The van der Waals surface area contributed by atoms with Crippen LogP contribution in [0.4, 0.5) is 16.0 Å². The van der Waals surface area contributed by atoms with Gasteiger partial charge in [-0.15, -0.1) is 0 Å². The minimum Gasteiger partial charge on any atom is -0.370 e. The highest BCUT2D eigenvalue weighted by molar-refractivity contribution is 6.34. The van der Waals surface area contributed by atoms with E-state index in [1.807, 2.05) is 23.0 Å². The van der Waals surface area contributed by atoms with Crippen molar-refractivity contribution in [3.05, 3.63) is 70.8 Å². The monoisotopic (exact) mass is 498 g/mol. The topological polar surface area (TPSA) is 75.1 Å². The summed E-state index contributed by atoms with van der Waals surface area (Å²) in [5.74, 6) is 0.783. The number of anilines is 2. The van der Waals surface area contributed by atoms with E-state index in [1.54, 1.807) is 6.07 Å². The zero-order chi connectivity index (χ0) is 24.8. The number of carbonyl (C=O) groups is 1. The van der Waals surface area contributed by atoms with Crippen LogP contribution in [0.25, 0.3) is 0 Å². The van der Waals surface area contributed by atoms with Crippen LogP contribution in [-0.4, -0.2) is 51.8 Å². The number of likely N-dealkylation sites (tertiary alicyclic amines) is 1. The standard InChI is InChI=1S/C26H32ClFN6O/c1-18(2)34-17-20(16-30-34)10-13-33-11-8-19(9-12-33)15-29-24-4-3-5-25(31-24)32-26(35)22-7-6-21(28)14-23(22)27/h3-7,14,16-19H,8-13,15H2,1-2H3,(H2,29,31,32,35). The Kier molecular flexibility index (Phi) is 8.36. The van der Waals surface area contributed by atoms with E-state index in [4.69, 9.17) is 11.6 Å². The van der Waals surface area contributed by atoms with Crippen LogP contribution in [0.5, 0.6) is 0 Å². The van der Waals surface area contributed by atoms with Gasteiger partial charge in [-0.05, 0) is 88.0 Å². The molecule has 1 aromatic carbocycles. The molecule has 2 aromatic heterocycles. The lowest BCUT2D eigenvalue weighted by Crippen LogP contribution is -2.37. The van der Waals surface area contributed by atoms with Crippen LogP contribution in [-0.2, 0) is 6.42 Å². The van der Waals surface area contributed by atoms with E-state index in [-0.39, 0.29) is 10.6 Å². The summed E-state index contributed by atoms with van der Waals surface area (Å²) in [6.45, 7) is 8.36. The van der Waals surface area contributed by atoms with Crippen LogP contribution >= 0.6 is 11.6 Å². The first kappa shape index (κ1) is 25.1. The molecule has 0 unspecified atom stereocenters. The summed E-state index contributed by atoms with van der Waals surface area (Å²) in [4.78, 5) is 19.5. The molecule has 0 saturated carbocycles. The van der Waals surface area contributed by atoms with Crippen molar-refractivity contribution in [2.24, 2.45) is 5.92 Å². The molecule has 0 aliphatic carbocycles. The second-order valence-electron chi connectivity index (χ2n) is 9.32. The van der Waals surface area contributed by atoms with Crippen LogP contribution in [0.15, 0.2) is 48.8 Å². The quantitative estimate of drug-likeness (QED) is 0.420. The number of nitrogens with zero attached hydrogens (tertiary/aromatic N) is 4. The Labute approximate surface area is 210 Å². The molecule has 1 aliphatic rings. The molecule has 0 bridgehead atoms. The van der Waals surface area contributed by atoms with E-state index in [2.05, 4.69) is 45.7 Å². The first-order valence-corrected chi connectivity index (χ1v) is 12.5. The Hall–Kier alpha value is -2.97. The summed E-state index contributed by atoms with van der Waals surface area (Å²) >= 11 is 5.99. The van der Waals surface area contributed by atoms with Crippen molar-refractivity contribution in [1.82, 2.24) is 19.7 Å². The fourth-order valence-corrected chi connectivity index (χ4v) is 4.45. The number of nitrogens with one attached hydrogen (secondary N) is 2. The Morgan fingerprint density at radius 3 is 2.69 bits per heavy atom. The molecule has 4 rings (SSSR count). The number of hydrogen-bond acceptors (Lipinski definition) is 5. The van der Waals surface area contributed by atoms with Gasteiger partial charge < -0.3 is 15.5 Å². The number of hydrogen-bond donors (Lipinski definition) is 2. The van der Waals surface area contributed by atoms with Gasteiger partial charge in [0.1, 0.15) is 17.5 Å². The number of amides is 1. The number of carbonyl (C=O) groups excluding carboxylic acids is 1. The third kappa shape index (κ3) is 7.02.